The van der Waals surface area contributed by atoms with Crippen molar-refractivity contribution in [3.05, 3.63) is 125 Å². The monoisotopic (exact) mass is 392 g/mol. The van der Waals surface area contributed by atoms with Crippen LogP contribution in [0, 0.1) is 0 Å². The van der Waals surface area contributed by atoms with Crippen LogP contribution in [-0.4, -0.2) is 17.1 Å². The minimum absolute atomic E-state index is 0.941. The number of hydrogen-bond donors (Lipinski definition) is 0. The molecular weight excluding hydrogens is 364 g/mol. The number of hydrazine groups is 1. The van der Waals surface area contributed by atoms with Crippen molar-refractivity contribution in [2.75, 3.05) is 7.05 Å². The highest BCUT2D eigenvalue weighted by atomic mass is 15.6. The summed E-state index contributed by atoms with van der Waals surface area (Å²) in [5.41, 5.74) is 9.45. The molecule has 0 bridgehead atoms. The zero-order valence-electron chi connectivity index (χ0n) is 18.0. The number of likely N-dealkylation sites (N-methyl/N-ethyl adjacent to an activating group) is 1. The molecule has 3 rings (SSSR count). The van der Waals surface area contributed by atoms with E-state index in [4.69, 9.17) is 0 Å². The third-order valence-corrected chi connectivity index (χ3v) is 5.22. The van der Waals surface area contributed by atoms with Crippen molar-refractivity contribution >= 4 is 23.8 Å². The zero-order chi connectivity index (χ0) is 21.7. The van der Waals surface area contributed by atoms with Gasteiger partial charge in [-0.3, -0.25) is 10.0 Å². The Labute approximate surface area is 179 Å². The summed E-state index contributed by atoms with van der Waals surface area (Å²) >= 11 is 0. The molecule has 0 unspecified atom stereocenters. The molecule has 0 saturated carbocycles. The molecule has 1 heterocycles. The topological polar surface area (TPSA) is 6.48 Å². The van der Waals surface area contributed by atoms with Crippen LogP contribution in [0.1, 0.15) is 25.0 Å². The lowest BCUT2D eigenvalue weighted by molar-refractivity contribution is 0.162. The van der Waals surface area contributed by atoms with Crippen LogP contribution in [0.2, 0.25) is 0 Å². The molecule has 0 N–H and O–H groups in total. The quantitative estimate of drug-likeness (QED) is 0.507. The second-order valence-electron chi connectivity index (χ2n) is 7.17. The molecule has 0 aromatic heterocycles. The summed E-state index contributed by atoms with van der Waals surface area (Å²) in [6, 6.07) is 16.5. The van der Waals surface area contributed by atoms with Gasteiger partial charge in [0.1, 0.15) is 5.70 Å². The Balaban J connectivity index is 2.03. The molecule has 2 aromatic rings. The number of allylic oxidation sites excluding steroid dienone is 6. The van der Waals surface area contributed by atoms with Gasteiger partial charge < -0.3 is 0 Å². The lowest BCUT2D eigenvalue weighted by Crippen LogP contribution is -2.27. The van der Waals surface area contributed by atoms with Gasteiger partial charge in [-0.25, -0.2) is 0 Å². The van der Waals surface area contributed by atoms with E-state index < -0.39 is 0 Å². The van der Waals surface area contributed by atoms with Gasteiger partial charge in [0, 0.05) is 24.5 Å². The third kappa shape index (κ3) is 4.15. The van der Waals surface area contributed by atoms with Crippen molar-refractivity contribution in [1.82, 2.24) is 10.0 Å². The molecule has 30 heavy (non-hydrogen) atoms. The van der Waals surface area contributed by atoms with Crippen LogP contribution >= 0.6 is 0 Å². The largest absolute Gasteiger partial charge is 0.276 e. The van der Waals surface area contributed by atoms with Crippen molar-refractivity contribution in [2.24, 2.45) is 0 Å². The summed E-state index contributed by atoms with van der Waals surface area (Å²) in [5.74, 6) is 0. The number of benzene rings is 2. The van der Waals surface area contributed by atoms with E-state index in [1.807, 2.05) is 56.6 Å². The van der Waals surface area contributed by atoms with Gasteiger partial charge in [0.15, 0.2) is 0 Å². The lowest BCUT2D eigenvalue weighted by Gasteiger charge is -2.26. The van der Waals surface area contributed by atoms with E-state index in [1.165, 1.54) is 0 Å². The molecule has 150 valence electrons. The molecule has 1 aliphatic heterocycles. The fourth-order valence-corrected chi connectivity index (χ4v) is 3.56. The van der Waals surface area contributed by atoms with E-state index in [0.29, 0.717) is 0 Å². The SMILES string of the molecule is C=C=C1C(c2ccc(=C)/c(=C\C=C/C)c2)=C(C)N(/C=C/C(=C)c2ccccc2)N1C. The molecule has 0 radical (unpaired) electrons. The van der Waals surface area contributed by atoms with Gasteiger partial charge in [-0.1, -0.05) is 80.4 Å². The maximum Gasteiger partial charge on any atom is 0.108 e. The maximum absolute atomic E-state index is 4.20. The summed E-state index contributed by atoms with van der Waals surface area (Å²) < 4.78 is 0. The molecule has 0 saturated heterocycles. The molecular formula is C28H28N2. The van der Waals surface area contributed by atoms with E-state index in [1.54, 1.807) is 0 Å². The average molecular weight is 393 g/mol. The van der Waals surface area contributed by atoms with Gasteiger partial charge in [0.2, 0.25) is 0 Å². The van der Waals surface area contributed by atoms with Crippen molar-refractivity contribution < 1.29 is 0 Å². The number of nitrogens with zero attached hydrogens (tertiary/aromatic N) is 2. The highest BCUT2D eigenvalue weighted by molar-refractivity contribution is 5.82. The molecule has 2 aromatic carbocycles. The predicted octanol–water partition coefficient (Wildman–Crippen LogP) is 5.24. The van der Waals surface area contributed by atoms with E-state index in [-0.39, 0.29) is 0 Å². The average Bonchev–Trinajstić information content (AvgIpc) is 3.01. The van der Waals surface area contributed by atoms with Crippen molar-refractivity contribution in [2.45, 2.75) is 13.8 Å². The molecule has 0 amide bonds. The number of rotatable bonds is 5. The minimum atomic E-state index is 0.941. The van der Waals surface area contributed by atoms with Gasteiger partial charge >= 0.3 is 0 Å². The first-order valence-electron chi connectivity index (χ1n) is 9.97. The Morgan fingerprint density at radius 1 is 1.10 bits per heavy atom. The fraction of sp³-hybridized carbons (Fsp3) is 0.107. The first kappa shape index (κ1) is 21.0. The summed E-state index contributed by atoms with van der Waals surface area (Å²) in [7, 11) is 2.02. The number of hydrogen-bond acceptors (Lipinski definition) is 2. The van der Waals surface area contributed by atoms with Gasteiger partial charge in [-0.05, 0) is 53.1 Å². The maximum atomic E-state index is 4.20. The van der Waals surface area contributed by atoms with E-state index >= 15 is 0 Å². The fourth-order valence-electron chi connectivity index (χ4n) is 3.56. The third-order valence-electron chi connectivity index (χ3n) is 5.22. The normalized spacial score (nSPS) is 15.0. The summed E-state index contributed by atoms with van der Waals surface area (Å²) in [4.78, 5) is 0. The lowest BCUT2D eigenvalue weighted by atomic mass is 10.0. The van der Waals surface area contributed by atoms with Crippen molar-refractivity contribution in [3.8, 4) is 0 Å². The highest BCUT2D eigenvalue weighted by Gasteiger charge is 2.28. The van der Waals surface area contributed by atoms with E-state index in [9.17, 15) is 0 Å². The van der Waals surface area contributed by atoms with Crippen LogP contribution in [0.3, 0.4) is 0 Å². The first-order chi connectivity index (χ1) is 14.5. The summed E-state index contributed by atoms with van der Waals surface area (Å²) in [5, 5.41) is 6.26. The molecule has 0 fully saturated rings. The van der Waals surface area contributed by atoms with Crippen molar-refractivity contribution in [1.29, 1.82) is 0 Å². The Morgan fingerprint density at radius 3 is 2.50 bits per heavy atom. The molecule has 0 aliphatic carbocycles. The van der Waals surface area contributed by atoms with Crippen LogP contribution in [0.4, 0.5) is 0 Å². The van der Waals surface area contributed by atoms with Gasteiger partial charge in [0.25, 0.3) is 0 Å². The molecule has 0 spiro atoms. The van der Waals surface area contributed by atoms with Crippen molar-refractivity contribution in [3.63, 3.8) is 0 Å². The van der Waals surface area contributed by atoms with E-state index in [2.05, 4.69) is 78.8 Å². The van der Waals surface area contributed by atoms with E-state index in [0.717, 1.165) is 44.1 Å². The van der Waals surface area contributed by atoms with Crippen LogP contribution in [-0.2, 0) is 0 Å². The standard InChI is InChI=1S/C28H28N2/c1-7-9-13-25-20-26(17-16-21(25)3)28-23(5)30(29(6)27(28)8-2)19-18-22(4)24-14-11-10-12-15-24/h7,9-20H,2-4H2,1,5-6H3/b9-7-,19-18+,25-13-. The second-order valence-corrected chi connectivity index (χ2v) is 7.17. The highest BCUT2D eigenvalue weighted by Crippen LogP contribution is 2.37. The second kappa shape index (κ2) is 9.17. The summed E-state index contributed by atoms with van der Waals surface area (Å²) in [6.07, 6.45) is 10.2. The van der Waals surface area contributed by atoms with Gasteiger partial charge in [-0.15, -0.1) is 5.73 Å². The van der Waals surface area contributed by atoms with Crippen LogP contribution in [0.15, 0.2) is 103 Å². The van der Waals surface area contributed by atoms with Gasteiger partial charge in [-0.2, -0.15) is 0 Å². The van der Waals surface area contributed by atoms with Gasteiger partial charge in [0.05, 0.1) is 0 Å². The summed E-state index contributed by atoms with van der Waals surface area (Å²) in [6.45, 7) is 16.4. The first-order valence-corrected chi connectivity index (χ1v) is 9.97. The zero-order valence-corrected chi connectivity index (χ0v) is 18.0. The Kier molecular flexibility index (Phi) is 6.41. The van der Waals surface area contributed by atoms with Crippen LogP contribution < -0.4 is 10.4 Å². The van der Waals surface area contributed by atoms with Crippen LogP contribution in [0.5, 0.6) is 0 Å². The Morgan fingerprint density at radius 2 is 1.83 bits per heavy atom. The smallest absolute Gasteiger partial charge is 0.108 e. The Hall–Kier alpha value is -3.74. The molecule has 2 heteroatoms. The Bertz CT molecular complexity index is 1200. The molecule has 2 nitrogen and oxygen atoms in total. The molecule has 1 aliphatic rings. The molecule has 0 atom stereocenters. The minimum Gasteiger partial charge on any atom is -0.276 e. The van der Waals surface area contributed by atoms with Crippen LogP contribution in [0.25, 0.3) is 23.8 Å². The predicted molar refractivity (Wildman–Crippen MR) is 130 cm³/mol.